The summed E-state index contributed by atoms with van der Waals surface area (Å²) >= 11 is 0. The second-order valence-corrected chi connectivity index (χ2v) is 7.44. The Hall–Kier alpha value is -2.98. The minimum atomic E-state index is -4.83. The van der Waals surface area contributed by atoms with E-state index in [1.807, 2.05) is 0 Å². The summed E-state index contributed by atoms with van der Waals surface area (Å²) in [4.78, 5) is 28.9. The third-order valence-electron chi connectivity index (χ3n) is 4.02. The average Bonchev–Trinajstić information content (AvgIpc) is 3.20. The molecule has 0 unspecified atom stereocenters. The number of ether oxygens (including phenoxy) is 1. The highest BCUT2D eigenvalue weighted by Crippen LogP contribution is 2.34. The standard InChI is InChI=1S/C18H17F4N3O4/c1-17(2,3)28-15(27)12-6-7-13(26)25(12)11-5-4-9(8-10(11)19)14-23-16(29-24-14)18(20,21)22/h4-5,8,12H,6-7H2,1-3H3/t12-/m0/s1. The number of nitrogens with zero attached hydrogens (tertiary/aromatic N) is 3. The van der Waals surface area contributed by atoms with Crippen LogP contribution < -0.4 is 4.90 Å². The molecular formula is C18H17F4N3O4. The number of anilines is 1. The average molecular weight is 415 g/mol. The van der Waals surface area contributed by atoms with E-state index in [9.17, 15) is 27.2 Å². The predicted molar refractivity (Wildman–Crippen MR) is 91.0 cm³/mol. The van der Waals surface area contributed by atoms with E-state index in [0.717, 1.165) is 11.0 Å². The van der Waals surface area contributed by atoms with Gasteiger partial charge < -0.3 is 9.26 Å². The van der Waals surface area contributed by atoms with Crippen molar-refractivity contribution in [2.75, 3.05) is 4.90 Å². The topological polar surface area (TPSA) is 85.5 Å². The van der Waals surface area contributed by atoms with Gasteiger partial charge in [-0.05, 0) is 45.4 Å². The van der Waals surface area contributed by atoms with Gasteiger partial charge in [0.1, 0.15) is 17.5 Å². The minimum absolute atomic E-state index is 0.0326. The number of carbonyl (C=O) groups excluding carboxylic acids is 2. The lowest BCUT2D eigenvalue weighted by Gasteiger charge is -2.27. The van der Waals surface area contributed by atoms with Gasteiger partial charge >= 0.3 is 18.0 Å². The van der Waals surface area contributed by atoms with Gasteiger partial charge in [-0.2, -0.15) is 18.2 Å². The lowest BCUT2D eigenvalue weighted by atomic mass is 10.1. The van der Waals surface area contributed by atoms with Crippen LogP contribution in [-0.2, 0) is 20.5 Å². The SMILES string of the molecule is CC(C)(C)OC(=O)[C@@H]1CCC(=O)N1c1ccc(-c2noc(C(F)(F)F)n2)cc1F. The minimum Gasteiger partial charge on any atom is -0.458 e. The van der Waals surface area contributed by atoms with Crippen molar-refractivity contribution >= 4 is 17.6 Å². The fourth-order valence-corrected chi connectivity index (χ4v) is 2.88. The van der Waals surface area contributed by atoms with Gasteiger partial charge in [0.15, 0.2) is 0 Å². The van der Waals surface area contributed by atoms with E-state index in [2.05, 4.69) is 14.7 Å². The first-order valence-electron chi connectivity index (χ1n) is 8.62. The molecule has 1 aliphatic rings. The fraction of sp³-hybridized carbons (Fsp3) is 0.444. The van der Waals surface area contributed by atoms with Gasteiger partial charge in [0, 0.05) is 12.0 Å². The van der Waals surface area contributed by atoms with Crippen molar-refractivity contribution in [2.45, 2.75) is 51.4 Å². The first-order chi connectivity index (χ1) is 13.4. The molecule has 0 bridgehead atoms. The summed E-state index contributed by atoms with van der Waals surface area (Å²) in [6, 6.07) is 2.29. The Morgan fingerprint density at radius 1 is 1.28 bits per heavy atom. The zero-order valence-electron chi connectivity index (χ0n) is 15.7. The van der Waals surface area contributed by atoms with Crippen LogP contribution in [0.4, 0.5) is 23.2 Å². The van der Waals surface area contributed by atoms with Gasteiger partial charge in [-0.3, -0.25) is 9.69 Å². The van der Waals surface area contributed by atoms with Crippen LogP contribution in [0.1, 0.15) is 39.5 Å². The number of rotatable bonds is 3. The van der Waals surface area contributed by atoms with Gasteiger partial charge in [-0.15, -0.1) is 0 Å². The molecule has 0 spiro atoms. The first-order valence-corrected chi connectivity index (χ1v) is 8.62. The zero-order chi connectivity index (χ0) is 21.6. The van der Waals surface area contributed by atoms with E-state index >= 15 is 0 Å². The molecule has 1 saturated heterocycles. The van der Waals surface area contributed by atoms with Gasteiger partial charge in [-0.25, -0.2) is 9.18 Å². The molecule has 1 fully saturated rings. The van der Waals surface area contributed by atoms with Crippen LogP contribution in [0.2, 0.25) is 0 Å². The second-order valence-electron chi connectivity index (χ2n) is 7.44. The number of esters is 1. The molecule has 0 saturated carbocycles. The van der Waals surface area contributed by atoms with Crippen LogP contribution in [-0.4, -0.2) is 33.7 Å². The largest absolute Gasteiger partial charge is 0.471 e. The maximum atomic E-state index is 14.7. The Kier molecular flexibility index (Phi) is 5.10. The van der Waals surface area contributed by atoms with Crippen LogP contribution in [0.3, 0.4) is 0 Å². The van der Waals surface area contributed by atoms with Crippen molar-refractivity contribution in [3.63, 3.8) is 0 Å². The van der Waals surface area contributed by atoms with Gasteiger partial charge in [0.25, 0.3) is 0 Å². The van der Waals surface area contributed by atoms with Crippen LogP contribution in [0.15, 0.2) is 22.7 Å². The number of alkyl halides is 3. The second kappa shape index (κ2) is 7.12. The normalized spacial score (nSPS) is 17.7. The van der Waals surface area contributed by atoms with E-state index in [4.69, 9.17) is 4.74 Å². The summed E-state index contributed by atoms with van der Waals surface area (Å²) in [5, 5.41) is 3.19. The monoisotopic (exact) mass is 415 g/mol. The molecule has 0 aliphatic carbocycles. The van der Waals surface area contributed by atoms with Crippen molar-refractivity contribution < 1.29 is 36.4 Å². The van der Waals surface area contributed by atoms with Crippen LogP contribution in [0.25, 0.3) is 11.4 Å². The molecule has 1 aromatic carbocycles. The summed E-state index contributed by atoms with van der Waals surface area (Å²) in [6.07, 6.45) is -4.63. The molecule has 1 amide bonds. The Balaban J connectivity index is 1.90. The smallest absolute Gasteiger partial charge is 0.458 e. The Morgan fingerprint density at radius 3 is 2.52 bits per heavy atom. The Bertz CT molecular complexity index is 949. The molecule has 11 heteroatoms. The molecule has 2 heterocycles. The lowest BCUT2D eigenvalue weighted by Crippen LogP contribution is -2.42. The van der Waals surface area contributed by atoms with E-state index in [0.29, 0.717) is 0 Å². The maximum absolute atomic E-state index is 14.7. The quantitative estimate of drug-likeness (QED) is 0.561. The number of halogens is 4. The van der Waals surface area contributed by atoms with Crippen molar-refractivity contribution in [1.82, 2.24) is 10.1 Å². The predicted octanol–water partition coefficient (Wildman–Crippen LogP) is 3.73. The van der Waals surface area contributed by atoms with E-state index in [1.165, 1.54) is 12.1 Å². The number of hydrogen-bond donors (Lipinski definition) is 0. The number of benzene rings is 1. The summed E-state index contributed by atoms with van der Waals surface area (Å²) in [5.74, 6) is -4.08. The van der Waals surface area contributed by atoms with Crippen LogP contribution in [0, 0.1) is 5.82 Å². The fourth-order valence-electron chi connectivity index (χ4n) is 2.88. The van der Waals surface area contributed by atoms with Crippen molar-refractivity contribution in [2.24, 2.45) is 0 Å². The zero-order valence-corrected chi connectivity index (χ0v) is 15.7. The highest BCUT2D eigenvalue weighted by molar-refractivity contribution is 6.02. The summed E-state index contributed by atoms with van der Waals surface area (Å²) in [6.45, 7) is 5.00. The summed E-state index contributed by atoms with van der Waals surface area (Å²) in [5.41, 5.74) is -1.05. The molecule has 0 N–H and O–H groups in total. The van der Waals surface area contributed by atoms with Crippen molar-refractivity contribution in [3.05, 3.63) is 29.9 Å². The van der Waals surface area contributed by atoms with Crippen molar-refractivity contribution in [3.8, 4) is 11.4 Å². The van der Waals surface area contributed by atoms with Gasteiger partial charge in [-0.1, -0.05) is 5.16 Å². The lowest BCUT2D eigenvalue weighted by molar-refractivity contribution is -0.159. The Morgan fingerprint density at radius 2 is 1.97 bits per heavy atom. The number of aromatic nitrogens is 2. The number of amides is 1. The third-order valence-corrected chi connectivity index (χ3v) is 4.02. The summed E-state index contributed by atoms with van der Waals surface area (Å²) < 4.78 is 61.9. The first kappa shape index (κ1) is 20.7. The highest BCUT2D eigenvalue weighted by atomic mass is 19.4. The maximum Gasteiger partial charge on any atom is 0.471 e. The molecule has 29 heavy (non-hydrogen) atoms. The van der Waals surface area contributed by atoms with E-state index < -0.39 is 47.2 Å². The van der Waals surface area contributed by atoms with Crippen molar-refractivity contribution in [1.29, 1.82) is 0 Å². The molecule has 7 nitrogen and oxygen atoms in total. The molecule has 0 radical (unpaired) electrons. The Labute approximate surface area is 162 Å². The third kappa shape index (κ3) is 4.38. The molecule has 1 aliphatic heterocycles. The van der Waals surface area contributed by atoms with Gasteiger partial charge in [0.2, 0.25) is 11.7 Å². The van der Waals surface area contributed by atoms with Crippen LogP contribution in [0.5, 0.6) is 0 Å². The number of hydrogen-bond acceptors (Lipinski definition) is 6. The highest BCUT2D eigenvalue weighted by Gasteiger charge is 2.41. The molecular weight excluding hydrogens is 398 g/mol. The van der Waals surface area contributed by atoms with E-state index in [-0.39, 0.29) is 24.1 Å². The molecule has 3 rings (SSSR count). The molecule has 1 aromatic heterocycles. The number of carbonyl (C=O) groups is 2. The molecule has 156 valence electrons. The van der Waals surface area contributed by atoms with E-state index in [1.54, 1.807) is 20.8 Å². The van der Waals surface area contributed by atoms with Crippen LogP contribution >= 0.6 is 0 Å². The van der Waals surface area contributed by atoms with Gasteiger partial charge in [0.05, 0.1) is 5.69 Å². The molecule has 2 aromatic rings. The molecule has 1 atom stereocenters. The summed E-state index contributed by atoms with van der Waals surface area (Å²) in [7, 11) is 0.